The molecule has 0 heterocycles. The lowest BCUT2D eigenvalue weighted by Gasteiger charge is -2.16. The van der Waals surface area contributed by atoms with Crippen molar-refractivity contribution in [3.63, 3.8) is 0 Å². The van der Waals surface area contributed by atoms with E-state index in [-0.39, 0.29) is 5.38 Å². The third-order valence-electron chi connectivity index (χ3n) is 1.40. The number of halogens is 1. The molecule has 0 aromatic carbocycles. The van der Waals surface area contributed by atoms with E-state index in [9.17, 15) is 0 Å². The van der Waals surface area contributed by atoms with Crippen LogP contribution in [0.3, 0.4) is 0 Å². The van der Waals surface area contributed by atoms with Crippen LogP contribution in [-0.2, 0) is 0 Å². The van der Waals surface area contributed by atoms with Crippen molar-refractivity contribution in [2.75, 3.05) is 0 Å². The second-order valence-corrected chi connectivity index (χ2v) is 2.43. The third-order valence-corrected chi connectivity index (χ3v) is 1.86. The Kier molecular flexibility index (Phi) is 1.74. The first kappa shape index (κ1) is 5.90. The summed E-state index contributed by atoms with van der Waals surface area (Å²) in [4.78, 5) is 0. The van der Waals surface area contributed by atoms with Gasteiger partial charge in [0.1, 0.15) is 0 Å². The molecule has 0 fully saturated rings. The van der Waals surface area contributed by atoms with E-state index < -0.39 is 0 Å². The monoisotopic (exact) mass is 128 g/mol. The molecule has 8 heavy (non-hydrogen) atoms. The maximum Gasteiger partial charge on any atom is 0.0723 e. The van der Waals surface area contributed by atoms with Gasteiger partial charge in [0.2, 0.25) is 0 Å². The molecule has 0 aromatic rings. The zero-order chi connectivity index (χ0) is 5.98. The van der Waals surface area contributed by atoms with Gasteiger partial charge in [0, 0.05) is 0 Å². The van der Waals surface area contributed by atoms with Crippen molar-refractivity contribution in [1.82, 2.24) is 0 Å². The topological polar surface area (TPSA) is 0 Å². The highest BCUT2D eigenvalue weighted by atomic mass is 35.5. The Morgan fingerprint density at radius 1 is 1.88 bits per heavy atom. The van der Waals surface area contributed by atoms with Crippen LogP contribution in [-0.4, -0.2) is 5.38 Å². The Labute approximate surface area is 54.8 Å². The van der Waals surface area contributed by atoms with Crippen LogP contribution in [0.2, 0.25) is 0 Å². The highest BCUT2D eigenvalue weighted by Crippen LogP contribution is 2.25. The predicted octanol–water partition coefficient (Wildman–Crippen LogP) is 2.50. The predicted molar refractivity (Wildman–Crippen MR) is 37.2 cm³/mol. The molecule has 1 aliphatic carbocycles. The van der Waals surface area contributed by atoms with E-state index in [1.807, 2.05) is 0 Å². The second kappa shape index (κ2) is 2.36. The summed E-state index contributed by atoms with van der Waals surface area (Å²) in [6, 6.07) is 0. The molecule has 0 radical (unpaired) electrons. The molecule has 0 N–H and O–H groups in total. The number of allylic oxidation sites excluding steroid dienone is 3. The average molecular weight is 129 g/mol. The van der Waals surface area contributed by atoms with Gasteiger partial charge in [-0.1, -0.05) is 17.7 Å². The molecule has 0 saturated carbocycles. The minimum atomic E-state index is 0.101. The van der Waals surface area contributed by atoms with E-state index in [4.69, 9.17) is 11.6 Å². The average Bonchev–Trinajstić information content (AvgIpc) is 1.62. The molecule has 1 rings (SSSR count). The molecule has 0 bridgehead atoms. The zero-order valence-corrected chi connectivity index (χ0v) is 5.49. The van der Waals surface area contributed by atoms with Gasteiger partial charge in [-0.25, -0.2) is 0 Å². The number of rotatable bonds is 2. The number of hydrogen-bond acceptors (Lipinski definition) is 0. The smallest absolute Gasteiger partial charge is 0.0723 e. The van der Waals surface area contributed by atoms with Crippen molar-refractivity contribution in [2.45, 2.75) is 18.2 Å². The van der Waals surface area contributed by atoms with Gasteiger partial charge in [0.05, 0.1) is 5.38 Å². The standard InChI is InChI=1S/C7H9Cl/c1-2-7(8)6-4-3-5-6/h2,4,7H,1,3,5H2. The van der Waals surface area contributed by atoms with Crippen LogP contribution in [0.1, 0.15) is 12.8 Å². The number of hydrogen-bond donors (Lipinski definition) is 0. The van der Waals surface area contributed by atoms with Gasteiger partial charge in [-0.05, 0) is 12.8 Å². The van der Waals surface area contributed by atoms with Crippen molar-refractivity contribution in [1.29, 1.82) is 0 Å². The van der Waals surface area contributed by atoms with E-state index in [0.29, 0.717) is 0 Å². The van der Waals surface area contributed by atoms with Gasteiger partial charge in [-0.3, -0.25) is 0 Å². The fourth-order valence-corrected chi connectivity index (χ4v) is 0.911. The quantitative estimate of drug-likeness (QED) is 0.396. The van der Waals surface area contributed by atoms with Crippen molar-refractivity contribution >= 4 is 11.6 Å². The first-order valence-corrected chi connectivity index (χ1v) is 3.24. The zero-order valence-electron chi connectivity index (χ0n) is 4.73. The summed E-state index contributed by atoms with van der Waals surface area (Å²) in [5.41, 5.74) is 1.33. The van der Waals surface area contributed by atoms with Crippen molar-refractivity contribution in [2.24, 2.45) is 0 Å². The Hall–Kier alpha value is -0.230. The largest absolute Gasteiger partial charge is 0.114 e. The SMILES string of the molecule is C=CC(Cl)C1=CCC1. The summed E-state index contributed by atoms with van der Waals surface area (Å²) >= 11 is 5.78. The summed E-state index contributed by atoms with van der Waals surface area (Å²) in [6.07, 6.45) is 6.30. The molecule has 0 amide bonds. The molecular weight excluding hydrogens is 120 g/mol. The molecule has 0 saturated heterocycles. The molecule has 1 aliphatic rings. The fraction of sp³-hybridized carbons (Fsp3) is 0.429. The lowest BCUT2D eigenvalue weighted by atomic mass is 9.96. The third kappa shape index (κ3) is 0.948. The summed E-state index contributed by atoms with van der Waals surface area (Å²) in [5, 5.41) is 0.101. The Morgan fingerprint density at radius 2 is 2.50 bits per heavy atom. The van der Waals surface area contributed by atoms with E-state index >= 15 is 0 Å². The van der Waals surface area contributed by atoms with Crippen LogP contribution in [0.25, 0.3) is 0 Å². The summed E-state index contributed by atoms with van der Waals surface area (Å²) in [6.45, 7) is 3.59. The Morgan fingerprint density at radius 3 is 2.62 bits per heavy atom. The number of alkyl halides is 1. The van der Waals surface area contributed by atoms with Gasteiger partial charge in [-0.15, -0.1) is 18.2 Å². The van der Waals surface area contributed by atoms with E-state index in [1.165, 1.54) is 18.4 Å². The van der Waals surface area contributed by atoms with Crippen molar-refractivity contribution in [3.8, 4) is 0 Å². The van der Waals surface area contributed by atoms with Crippen LogP contribution in [0, 0.1) is 0 Å². The van der Waals surface area contributed by atoms with Gasteiger partial charge in [0.15, 0.2) is 0 Å². The Balaban J connectivity index is 2.45. The summed E-state index contributed by atoms with van der Waals surface area (Å²) in [5.74, 6) is 0. The molecule has 1 heteroatoms. The second-order valence-electron chi connectivity index (χ2n) is 1.96. The van der Waals surface area contributed by atoms with Gasteiger partial charge >= 0.3 is 0 Å². The Bertz CT molecular complexity index is 124. The molecule has 1 atom stereocenters. The normalized spacial score (nSPS) is 20.9. The minimum Gasteiger partial charge on any atom is -0.114 e. The first-order valence-electron chi connectivity index (χ1n) is 2.80. The maximum atomic E-state index is 5.78. The highest BCUT2D eigenvalue weighted by molar-refractivity contribution is 6.23. The molecule has 0 aliphatic heterocycles. The van der Waals surface area contributed by atoms with Gasteiger partial charge in [-0.2, -0.15) is 0 Å². The van der Waals surface area contributed by atoms with Gasteiger partial charge in [0.25, 0.3) is 0 Å². The van der Waals surface area contributed by atoms with Gasteiger partial charge < -0.3 is 0 Å². The summed E-state index contributed by atoms with van der Waals surface area (Å²) < 4.78 is 0. The van der Waals surface area contributed by atoms with Crippen LogP contribution in [0.5, 0.6) is 0 Å². The lowest BCUT2D eigenvalue weighted by Crippen LogP contribution is -2.04. The molecule has 0 nitrogen and oxygen atoms in total. The molecular formula is C7H9Cl. The molecule has 44 valence electrons. The van der Waals surface area contributed by atoms with Crippen LogP contribution >= 0.6 is 11.6 Å². The minimum absolute atomic E-state index is 0.101. The van der Waals surface area contributed by atoms with Crippen molar-refractivity contribution in [3.05, 3.63) is 24.3 Å². The van der Waals surface area contributed by atoms with E-state index in [2.05, 4.69) is 12.7 Å². The van der Waals surface area contributed by atoms with Crippen LogP contribution in [0.4, 0.5) is 0 Å². The van der Waals surface area contributed by atoms with E-state index in [1.54, 1.807) is 6.08 Å². The molecule has 0 spiro atoms. The van der Waals surface area contributed by atoms with E-state index in [0.717, 1.165) is 0 Å². The van der Waals surface area contributed by atoms with Crippen LogP contribution < -0.4 is 0 Å². The first-order chi connectivity index (χ1) is 3.84. The fourth-order valence-electron chi connectivity index (χ4n) is 0.713. The molecule has 0 aromatic heterocycles. The lowest BCUT2D eigenvalue weighted by molar-refractivity contribution is 0.844. The highest BCUT2D eigenvalue weighted by Gasteiger charge is 2.11. The summed E-state index contributed by atoms with van der Waals surface area (Å²) in [7, 11) is 0. The van der Waals surface area contributed by atoms with Crippen LogP contribution in [0.15, 0.2) is 24.3 Å². The maximum absolute atomic E-state index is 5.78. The molecule has 1 unspecified atom stereocenters. The van der Waals surface area contributed by atoms with Crippen molar-refractivity contribution < 1.29 is 0 Å².